The average molecular weight is 193 g/mol. The first-order valence-corrected chi connectivity index (χ1v) is 4.85. The molecule has 3 nitrogen and oxygen atoms in total. The Kier molecular flexibility index (Phi) is 4.11. The third-order valence-electron chi connectivity index (χ3n) is 2.08. The second-order valence-electron chi connectivity index (χ2n) is 3.39. The summed E-state index contributed by atoms with van der Waals surface area (Å²) in [5.41, 5.74) is 0.0234. The molecule has 1 heterocycles. The molecule has 0 atom stereocenters. The molecule has 0 aliphatic carbocycles. The molecule has 14 heavy (non-hydrogen) atoms. The van der Waals surface area contributed by atoms with E-state index < -0.39 is 0 Å². The van der Waals surface area contributed by atoms with E-state index in [1.165, 1.54) is 0 Å². The first-order valence-electron chi connectivity index (χ1n) is 4.85. The Bertz CT molecular complexity index is 354. The molecule has 0 bridgehead atoms. The van der Waals surface area contributed by atoms with Crippen molar-refractivity contribution in [2.45, 2.75) is 32.7 Å². The Hall–Kier alpha value is -1.38. The van der Waals surface area contributed by atoms with Crippen LogP contribution in [0.4, 0.5) is 0 Å². The first-order chi connectivity index (χ1) is 6.70. The van der Waals surface area contributed by atoms with Crippen LogP contribution in [0.25, 0.3) is 0 Å². The normalized spacial score (nSPS) is 10.1. The summed E-state index contributed by atoms with van der Waals surface area (Å²) in [5, 5.41) is 0. The molecular weight excluding hydrogens is 178 g/mol. The van der Waals surface area contributed by atoms with E-state index in [0.29, 0.717) is 13.0 Å². The van der Waals surface area contributed by atoms with Crippen molar-refractivity contribution < 1.29 is 4.79 Å². The van der Waals surface area contributed by atoms with Crippen molar-refractivity contribution in [3.05, 3.63) is 34.7 Å². The lowest BCUT2D eigenvalue weighted by Gasteiger charge is -2.03. The maximum Gasteiger partial charge on any atom is 0.250 e. The molecule has 0 N–H and O–H groups in total. The van der Waals surface area contributed by atoms with Gasteiger partial charge in [-0.25, -0.2) is 0 Å². The standard InChI is InChI=1S/C11H15NO2/c1-10(13)6-2-4-8-12-9-5-3-7-11(12)14/h3,5,7,9H,2,4,6,8H2,1H3. The fourth-order valence-electron chi connectivity index (χ4n) is 1.30. The van der Waals surface area contributed by atoms with E-state index in [4.69, 9.17) is 0 Å². The zero-order valence-electron chi connectivity index (χ0n) is 8.40. The maximum absolute atomic E-state index is 11.2. The number of hydrogen-bond donors (Lipinski definition) is 0. The number of rotatable bonds is 5. The van der Waals surface area contributed by atoms with Crippen LogP contribution in [0.3, 0.4) is 0 Å². The van der Waals surface area contributed by atoms with Crippen LogP contribution >= 0.6 is 0 Å². The molecule has 1 aromatic heterocycles. The molecule has 0 aromatic carbocycles. The van der Waals surface area contributed by atoms with Gasteiger partial charge in [-0.2, -0.15) is 0 Å². The van der Waals surface area contributed by atoms with Crippen molar-refractivity contribution in [1.29, 1.82) is 0 Å². The lowest BCUT2D eigenvalue weighted by atomic mass is 10.2. The summed E-state index contributed by atoms with van der Waals surface area (Å²) in [6.07, 6.45) is 4.12. The van der Waals surface area contributed by atoms with Gasteiger partial charge in [-0.1, -0.05) is 6.07 Å². The number of aryl methyl sites for hydroxylation is 1. The number of ketones is 1. The van der Waals surface area contributed by atoms with Gasteiger partial charge in [0.15, 0.2) is 0 Å². The Labute approximate surface area is 83.4 Å². The lowest BCUT2D eigenvalue weighted by Crippen LogP contribution is -2.17. The molecule has 0 saturated carbocycles. The molecule has 0 aliphatic rings. The first kappa shape index (κ1) is 10.7. The Morgan fingerprint density at radius 1 is 1.36 bits per heavy atom. The predicted octanol–water partition coefficient (Wildman–Crippen LogP) is 1.61. The van der Waals surface area contributed by atoms with Crippen molar-refractivity contribution in [2.24, 2.45) is 0 Å². The van der Waals surface area contributed by atoms with Gasteiger partial charge in [0.1, 0.15) is 5.78 Å². The van der Waals surface area contributed by atoms with Crippen LogP contribution in [0.15, 0.2) is 29.2 Å². The highest BCUT2D eigenvalue weighted by atomic mass is 16.1. The van der Waals surface area contributed by atoms with Crippen LogP contribution in [0, 0.1) is 0 Å². The monoisotopic (exact) mass is 193 g/mol. The fraction of sp³-hybridized carbons (Fsp3) is 0.455. The number of unbranched alkanes of at least 4 members (excludes halogenated alkanes) is 1. The SMILES string of the molecule is CC(=O)CCCCn1ccccc1=O. The highest BCUT2D eigenvalue weighted by molar-refractivity contribution is 5.75. The fourth-order valence-corrected chi connectivity index (χ4v) is 1.30. The van der Waals surface area contributed by atoms with Gasteiger partial charge in [-0.15, -0.1) is 0 Å². The molecule has 0 unspecified atom stereocenters. The minimum atomic E-state index is 0.0234. The predicted molar refractivity (Wildman–Crippen MR) is 55.2 cm³/mol. The molecule has 0 spiro atoms. The zero-order valence-corrected chi connectivity index (χ0v) is 8.40. The highest BCUT2D eigenvalue weighted by Gasteiger charge is 1.95. The summed E-state index contributed by atoms with van der Waals surface area (Å²) >= 11 is 0. The van der Waals surface area contributed by atoms with Gasteiger partial charge in [0.2, 0.25) is 5.56 Å². The molecule has 76 valence electrons. The average Bonchev–Trinajstić information content (AvgIpc) is 2.15. The van der Waals surface area contributed by atoms with Crippen LogP contribution in [0.1, 0.15) is 26.2 Å². The van der Waals surface area contributed by atoms with Crippen LogP contribution < -0.4 is 5.56 Å². The van der Waals surface area contributed by atoms with Crippen molar-refractivity contribution >= 4 is 5.78 Å². The number of pyridine rings is 1. The van der Waals surface area contributed by atoms with E-state index in [2.05, 4.69) is 0 Å². The summed E-state index contributed by atoms with van der Waals surface area (Å²) < 4.78 is 1.67. The van der Waals surface area contributed by atoms with Crippen molar-refractivity contribution in [2.75, 3.05) is 0 Å². The quantitative estimate of drug-likeness (QED) is 0.666. The minimum absolute atomic E-state index is 0.0234. The third-order valence-corrected chi connectivity index (χ3v) is 2.08. The van der Waals surface area contributed by atoms with E-state index >= 15 is 0 Å². The molecule has 1 aromatic rings. The van der Waals surface area contributed by atoms with Gasteiger partial charge in [-0.05, 0) is 25.8 Å². The molecule has 3 heteroatoms. The third kappa shape index (κ3) is 3.56. The Morgan fingerprint density at radius 3 is 2.79 bits per heavy atom. The highest BCUT2D eigenvalue weighted by Crippen LogP contribution is 1.98. The number of hydrogen-bond acceptors (Lipinski definition) is 2. The Morgan fingerprint density at radius 2 is 2.14 bits per heavy atom. The molecule has 1 rings (SSSR count). The molecule has 0 aliphatic heterocycles. The number of carbonyl (C=O) groups is 1. The maximum atomic E-state index is 11.2. The largest absolute Gasteiger partial charge is 0.316 e. The summed E-state index contributed by atoms with van der Waals surface area (Å²) in [6, 6.07) is 5.12. The van der Waals surface area contributed by atoms with Gasteiger partial charge >= 0.3 is 0 Å². The number of nitrogens with zero attached hydrogens (tertiary/aromatic N) is 1. The topological polar surface area (TPSA) is 39.1 Å². The number of carbonyl (C=O) groups excluding carboxylic acids is 1. The summed E-state index contributed by atoms with van der Waals surface area (Å²) in [7, 11) is 0. The van der Waals surface area contributed by atoms with E-state index in [-0.39, 0.29) is 11.3 Å². The number of aromatic nitrogens is 1. The van der Waals surface area contributed by atoms with Crippen molar-refractivity contribution in [3.8, 4) is 0 Å². The van der Waals surface area contributed by atoms with Gasteiger partial charge in [0, 0.05) is 25.2 Å². The van der Waals surface area contributed by atoms with Crippen LogP contribution in [-0.2, 0) is 11.3 Å². The molecule has 0 saturated heterocycles. The zero-order chi connectivity index (χ0) is 10.4. The second kappa shape index (κ2) is 5.37. The van der Waals surface area contributed by atoms with E-state index in [1.54, 1.807) is 29.8 Å². The van der Waals surface area contributed by atoms with Crippen molar-refractivity contribution in [1.82, 2.24) is 4.57 Å². The number of Topliss-reactive ketones (excluding diaryl/α,β-unsaturated/α-hetero) is 1. The van der Waals surface area contributed by atoms with E-state index in [1.807, 2.05) is 6.07 Å². The van der Waals surface area contributed by atoms with Gasteiger partial charge in [-0.3, -0.25) is 4.79 Å². The summed E-state index contributed by atoms with van der Waals surface area (Å²) in [6.45, 7) is 2.29. The van der Waals surface area contributed by atoms with Gasteiger partial charge in [0.05, 0.1) is 0 Å². The van der Waals surface area contributed by atoms with Gasteiger partial charge in [0.25, 0.3) is 0 Å². The molecule has 0 amide bonds. The van der Waals surface area contributed by atoms with E-state index in [0.717, 1.165) is 12.8 Å². The molecular formula is C11H15NO2. The molecule has 0 radical (unpaired) electrons. The lowest BCUT2D eigenvalue weighted by molar-refractivity contribution is -0.117. The molecule has 0 fully saturated rings. The van der Waals surface area contributed by atoms with Crippen LogP contribution in [0.5, 0.6) is 0 Å². The Balaban J connectivity index is 2.35. The van der Waals surface area contributed by atoms with Crippen LogP contribution in [0.2, 0.25) is 0 Å². The summed E-state index contributed by atoms with van der Waals surface area (Å²) in [5.74, 6) is 0.213. The van der Waals surface area contributed by atoms with Gasteiger partial charge < -0.3 is 9.36 Å². The second-order valence-corrected chi connectivity index (χ2v) is 3.39. The minimum Gasteiger partial charge on any atom is -0.316 e. The van der Waals surface area contributed by atoms with E-state index in [9.17, 15) is 9.59 Å². The summed E-state index contributed by atoms with van der Waals surface area (Å²) in [4.78, 5) is 21.9. The van der Waals surface area contributed by atoms with Crippen LogP contribution in [-0.4, -0.2) is 10.4 Å². The smallest absolute Gasteiger partial charge is 0.250 e. The van der Waals surface area contributed by atoms with Crippen molar-refractivity contribution in [3.63, 3.8) is 0 Å².